The van der Waals surface area contributed by atoms with Crippen molar-refractivity contribution in [1.29, 1.82) is 0 Å². The van der Waals surface area contributed by atoms with E-state index in [9.17, 15) is 67.0 Å². The van der Waals surface area contributed by atoms with Gasteiger partial charge in [0.05, 0.1) is 0 Å². The number of esters is 1. The van der Waals surface area contributed by atoms with Gasteiger partial charge >= 0.3 is 42.1 Å². The Balaban J connectivity index is 4.02. The molecule has 1 N–H and O–H groups in total. The number of ether oxygens (including phenoxy) is 2. The molecule has 0 amide bonds. The maximum atomic E-state index is 14.6. The van der Waals surface area contributed by atoms with Gasteiger partial charge in [-0.15, -0.1) is 0 Å². The third kappa shape index (κ3) is 3.34. The van der Waals surface area contributed by atoms with Crippen LogP contribution in [0.5, 0.6) is 0 Å². The minimum absolute atomic E-state index is 0.0958. The van der Waals surface area contributed by atoms with E-state index in [1.165, 1.54) is 0 Å². The van der Waals surface area contributed by atoms with Crippen LogP contribution in [0.15, 0.2) is 12.2 Å². The van der Waals surface area contributed by atoms with Crippen molar-refractivity contribution >= 4 is 5.97 Å². The normalized spacial score (nSPS) is 33.7. The SMILES string of the molecule is C=C(C(=O)OC1(C(F)(F)F)OC(CC)(C(F)(F)F)C(F)(F)C(C)(O)C1(F)F)C(F)(F)F. The molecular weight excluding hydrogens is 479 g/mol. The summed E-state index contributed by atoms with van der Waals surface area (Å²) in [5.41, 5.74) is -14.1. The molecule has 3 unspecified atom stereocenters. The van der Waals surface area contributed by atoms with Crippen molar-refractivity contribution in [3.63, 3.8) is 0 Å². The zero-order valence-corrected chi connectivity index (χ0v) is 15.0. The zero-order valence-electron chi connectivity index (χ0n) is 15.0. The van der Waals surface area contributed by atoms with Crippen LogP contribution in [0.1, 0.15) is 20.3 Å². The molecule has 1 heterocycles. The molecule has 0 radical (unpaired) electrons. The van der Waals surface area contributed by atoms with E-state index in [2.05, 4.69) is 9.47 Å². The summed E-state index contributed by atoms with van der Waals surface area (Å²) in [6, 6.07) is 0. The number of halogens is 13. The van der Waals surface area contributed by atoms with Gasteiger partial charge in [-0.1, -0.05) is 13.5 Å². The molecule has 0 bridgehead atoms. The number of rotatable bonds is 3. The topological polar surface area (TPSA) is 55.8 Å². The van der Waals surface area contributed by atoms with Crippen molar-refractivity contribution in [2.45, 2.75) is 67.6 Å². The lowest BCUT2D eigenvalue weighted by molar-refractivity contribution is -0.555. The lowest BCUT2D eigenvalue weighted by Gasteiger charge is -2.59. The Hall–Kier alpha value is -1.78. The predicted octanol–water partition coefficient (Wildman–Crippen LogP) is 4.67. The van der Waals surface area contributed by atoms with Crippen LogP contribution in [0, 0.1) is 0 Å². The van der Waals surface area contributed by atoms with Gasteiger partial charge < -0.3 is 14.6 Å². The maximum absolute atomic E-state index is 14.6. The summed E-state index contributed by atoms with van der Waals surface area (Å²) in [5, 5.41) is 9.55. The molecular formula is C14H11F13O4. The van der Waals surface area contributed by atoms with E-state index in [1.54, 1.807) is 0 Å². The van der Waals surface area contributed by atoms with E-state index in [4.69, 9.17) is 0 Å². The molecule has 1 fully saturated rings. The van der Waals surface area contributed by atoms with Gasteiger partial charge in [0.2, 0.25) is 5.60 Å². The standard InChI is InChI=1S/C14H11F13O4/c1-4-8(13(22,23)24)10(18,19)7(3,29)11(20,21)12(31-8,14(25,26)27)30-6(28)5(2)9(15,16)17/h29H,2,4H2,1,3H3. The Morgan fingerprint density at radius 1 is 0.935 bits per heavy atom. The Kier molecular flexibility index (Phi) is 6.03. The van der Waals surface area contributed by atoms with E-state index in [1.807, 2.05) is 6.58 Å². The molecule has 17 heteroatoms. The highest BCUT2D eigenvalue weighted by molar-refractivity contribution is 5.89. The van der Waals surface area contributed by atoms with E-state index < -0.39 is 72.3 Å². The van der Waals surface area contributed by atoms with E-state index in [0.717, 1.165) is 0 Å². The summed E-state index contributed by atoms with van der Waals surface area (Å²) in [7, 11) is 0. The van der Waals surface area contributed by atoms with Crippen molar-refractivity contribution < 1.29 is 76.5 Å². The van der Waals surface area contributed by atoms with Gasteiger partial charge in [-0.2, -0.15) is 57.1 Å². The third-order valence-electron chi connectivity index (χ3n) is 4.62. The molecule has 0 saturated carbocycles. The largest absolute Gasteiger partial charge is 0.462 e. The zero-order chi connectivity index (χ0) is 25.3. The Morgan fingerprint density at radius 3 is 1.65 bits per heavy atom. The van der Waals surface area contributed by atoms with Gasteiger partial charge in [-0.05, 0) is 13.3 Å². The number of aliphatic hydroxyl groups is 1. The lowest BCUT2D eigenvalue weighted by atomic mass is 9.71. The first kappa shape index (κ1) is 27.3. The Labute approximate surface area is 163 Å². The molecule has 31 heavy (non-hydrogen) atoms. The monoisotopic (exact) mass is 490 g/mol. The molecule has 1 aliphatic rings. The van der Waals surface area contributed by atoms with Gasteiger partial charge in [-0.25, -0.2) is 4.79 Å². The molecule has 0 aromatic rings. The summed E-state index contributed by atoms with van der Waals surface area (Å²) >= 11 is 0. The number of alkyl halides is 13. The second-order valence-electron chi connectivity index (χ2n) is 6.48. The first-order chi connectivity index (χ1) is 13.3. The maximum Gasteiger partial charge on any atom is 0.462 e. The van der Waals surface area contributed by atoms with Crippen LogP contribution < -0.4 is 0 Å². The van der Waals surface area contributed by atoms with Crippen molar-refractivity contribution in [3.8, 4) is 0 Å². The summed E-state index contributed by atoms with van der Waals surface area (Å²) in [5.74, 6) is -22.8. The first-order valence-corrected chi connectivity index (χ1v) is 7.62. The molecule has 1 aliphatic heterocycles. The van der Waals surface area contributed by atoms with Crippen LogP contribution in [-0.4, -0.2) is 58.4 Å². The number of carbonyl (C=O) groups is 1. The highest BCUT2D eigenvalue weighted by atomic mass is 19.4. The second-order valence-corrected chi connectivity index (χ2v) is 6.48. The summed E-state index contributed by atoms with van der Waals surface area (Å²) in [6.45, 7) is 1.17. The number of hydrogen-bond donors (Lipinski definition) is 1. The fourth-order valence-corrected chi connectivity index (χ4v) is 2.70. The second kappa shape index (κ2) is 6.86. The van der Waals surface area contributed by atoms with E-state index in [0.29, 0.717) is 0 Å². The molecule has 1 saturated heterocycles. The number of hydrogen-bond acceptors (Lipinski definition) is 4. The Morgan fingerprint density at radius 2 is 1.35 bits per heavy atom. The molecule has 0 spiro atoms. The molecule has 0 aliphatic carbocycles. The summed E-state index contributed by atoms with van der Waals surface area (Å²) in [4.78, 5) is 11.4. The molecule has 1 rings (SSSR count). The highest BCUT2D eigenvalue weighted by Gasteiger charge is 2.95. The van der Waals surface area contributed by atoms with Crippen LogP contribution in [0.4, 0.5) is 57.1 Å². The van der Waals surface area contributed by atoms with Gasteiger partial charge in [0.15, 0.2) is 5.60 Å². The number of carbonyl (C=O) groups excluding carboxylic acids is 1. The quantitative estimate of drug-likeness (QED) is 0.355. The van der Waals surface area contributed by atoms with Gasteiger partial charge in [0.25, 0.3) is 0 Å². The predicted molar refractivity (Wildman–Crippen MR) is 70.8 cm³/mol. The minimum atomic E-state index is -7.08. The molecule has 3 atom stereocenters. The Bertz CT molecular complexity index is 749. The summed E-state index contributed by atoms with van der Waals surface area (Å²) < 4.78 is 182. The van der Waals surface area contributed by atoms with Crippen LogP contribution >= 0.6 is 0 Å². The van der Waals surface area contributed by atoms with Crippen molar-refractivity contribution in [1.82, 2.24) is 0 Å². The van der Waals surface area contributed by atoms with Gasteiger partial charge in [0.1, 0.15) is 5.57 Å². The average Bonchev–Trinajstić information content (AvgIpc) is 2.52. The van der Waals surface area contributed by atoms with Crippen molar-refractivity contribution in [2.75, 3.05) is 0 Å². The van der Waals surface area contributed by atoms with Crippen LogP contribution in [0.3, 0.4) is 0 Å². The third-order valence-corrected chi connectivity index (χ3v) is 4.62. The summed E-state index contributed by atoms with van der Waals surface area (Å²) in [6.07, 6.45) is -21.9. The smallest absolute Gasteiger partial charge is 0.414 e. The molecule has 0 aromatic heterocycles. The van der Waals surface area contributed by atoms with Crippen molar-refractivity contribution in [2.24, 2.45) is 0 Å². The molecule has 0 aromatic carbocycles. The highest BCUT2D eigenvalue weighted by Crippen LogP contribution is 2.66. The van der Waals surface area contributed by atoms with Crippen LogP contribution in [-0.2, 0) is 14.3 Å². The molecule has 182 valence electrons. The average molecular weight is 490 g/mol. The van der Waals surface area contributed by atoms with Crippen LogP contribution in [0.2, 0.25) is 0 Å². The minimum Gasteiger partial charge on any atom is -0.414 e. The van der Waals surface area contributed by atoms with Crippen LogP contribution in [0.25, 0.3) is 0 Å². The van der Waals surface area contributed by atoms with E-state index in [-0.39, 0.29) is 6.92 Å². The van der Waals surface area contributed by atoms with Crippen molar-refractivity contribution in [3.05, 3.63) is 12.2 Å². The van der Waals surface area contributed by atoms with Gasteiger partial charge in [-0.3, -0.25) is 0 Å². The fourth-order valence-electron chi connectivity index (χ4n) is 2.70. The van der Waals surface area contributed by atoms with Gasteiger partial charge in [0, 0.05) is 0 Å². The molecule has 4 nitrogen and oxygen atoms in total. The lowest BCUT2D eigenvalue weighted by Crippen LogP contribution is -2.87. The fraction of sp³-hybridized carbons (Fsp3) is 0.786. The van der Waals surface area contributed by atoms with E-state index >= 15 is 0 Å². The first-order valence-electron chi connectivity index (χ1n) is 7.62.